The molecule has 1 aliphatic rings. The first-order valence-corrected chi connectivity index (χ1v) is 11.8. The van der Waals surface area contributed by atoms with Crippen LogP contribution in [0.5, 0.6) is 0 Å². The molecule has 0 spiro atoms. The van der Waals surface area contributed by atoms with Crippen LogP contribution in [0, 0.1) is 0 Å². The van der Waals surface area contributed by atoms with Crippen molar-refractivity contribution in [3.05, 3.63) is 72.8 Å². The zero-order valence-electron chi connectivity index (χ0n) is 19.6. The number of hydrogen-bond donors (Lipinski definition) is 2. The van der Waals surface area contributed by atoms with Crippen LogP contribution >= 0.6 is 0 Å². The van der Waals surface area contributed by atoms with Gasteiger partial charge in [-0.3, -0.25) is 4.90 Å². The molecule has 2 N–H and O–H groups in total. The van der Waals surface area contributed by atoms with Crippen LogP contribution in [0.3, 0.4) is 0 Å². The Bertz CT molecular complexity index is 1330. The van der Waals surface area contributed by atoms with E-state index in [1.54, 1.807) is 4.90 Å². The Morgan fingerprint density at radius 2 is 1.62 bits per heavy atom. The van der Waals surface area contributed by atoms with E-state index in [0.717, 1.165) is 64.6 Å². The van der Waals surface area contributed by atoms with Gasteiger partial charge in [0.2, 0.25) is 0 Å². The van der Waals surface area contributed by atoms with Crippen LogP contribution in [0.1, 0.15) is 25.7 Å². The molecule has 1 fully saturated rings. The van der Waals surface area contributed by atoms with Crippen molar-refractivity contribution in [3.8, 4) is 0 Å². The van der Waals surface area contributed by atoms with Crippen molar-refractivity contribution in [2.24, 2.45) is 0 Å². The number of fused-ring (bicyclic) bond motifs is 2. The summed E-state index contributed by atoms with van der Waals surface area (Å²) < 4.78 is 0. The van der Waals surface area contributed by atoms with E-state index in [0.29, 0.717) is 0 Å². The Morgan fingerprint density at radius 3 is 2.35 bits per heavy atom. The molecule has 1 aromatic heterocycles. The zero-order chi connectivity index (χ0) is 23.7. The maximum absolute atomic E-state index is 12.2. The van der Waals surface area contributed by atoms with Crippen LogP contribution < -0.4 is 15.1 Å². The molecule has 34 heavy (non-hydrogen) atoms. The highest BCUT2D eigenvalue weighted by Gasteiger charge is 2.30. The molecule has 0 bridgehead atoms. The Balaban J connectivity index is 1.31. The van der Waals surface area contributed by atoms with Gasteiger partial charge in [0.15, 0.2) is 0 Å². The topological polar surface area (TPSA) is 68.7 Å². The molecule has 0 aliphatic heterocycles. The number of hydrogen-bond acceptors (Lipinski definition) is 4. The molecule has 0 unspecified atom stereocenters. The molecule has 0 saturated heterocycles. The van der Waals surface area contributed by atoms with E-state index in [2.05, 4.69) is 22.3 Å². The molecule has 4 aromatic rings. The van der Waals surface area contributed by atoms with E-state index >= 15 is 0 Å². The number of carboxylic acid groups (broad SMARTS) is 1. The van der Waals surface area contributed by atoms with Crippen LogP contribution in [0.15, 0.2) is 72.8 Å². The van der Waals surface area contributed by atoms with Gasteiger partial charge in [-0.1, -0.05) is 48.5 Å². The van der Waals surface area contributed by atoms with E-state index in [1.165, 1.54) is 0 Å². The highest BCUT2D eigenvalue weighted by atomic mass is 16.4. The minimum atomic E-state index is -0.890. The second-order valence-corrected chi connectivity index (χ2v) is 9.27. The lowest BCUT2D eigenvalue weighted by Gasteiger charge is -2.36. The minimum Gasteiger partial charge on any atom is -0.465 e. The van der Waals surface area contributed by atoms with Gasteiger partial charge in [0.05, 0.1) is 5.52 Å². The standard InChI is InChI=1S/C28H30N4O2/c1-31(2)26-18-27(30-25-10-6-5-9-24(25)26)29-21-12-15-22(16-13-21)32(28(33)34)23-14-11-19-7-3-4-8-20(19)17-23/h3-11,14,17-18,21-22H,12-13,15-16H2,1-2H3,(H,29,30)(H,33,34). The first-order valence-electron chi connectivity index (χ1n) is 11.8. The van der Waals surface area contributed by atoms with Crippen molar-refractivity contribution >= 4 is 45.0 Å². The van der Waals surface area contributed by atoms with Gasteiger partial charge in [-0.25, -0.2) is 9.78 Å². The Hall–Kier alpha value is -3.80. The highest BCUT2D eigenvalue weighted by molar-refractivity contribution is 5.94. The van der Waals surface area contributed by atoms with Crippen LogP contribution in [-0.4, -0.2) is 42.4 Å². The monoisotopic (exact) mass is 454 g/mol. The van der Waals surface area contributed by atoms with Crippen molar-refractivity contribution in [1.82, 2.24) is 4.98 Å². The number of nitrogens with zero attached hydrogens (tertiary/aromatic N) is 3. The first kappa shape index (κ1) is 22.0. The summed E-state index contributed by atoms with van der Waals surface area (Å²) in [6.07, 6.45) is 2.52. The van der Waals surface area contributed by atoms with Crippen molar-refractivity contribution < 1.29 is 9.90 Å². The molecule has 6 heteroatoms. The molecule has 5 rings (SSSR count). The van der Waals surface area contributed by atoms with Crippen molar-refractivity contribution in [3.63, 3.8) is 0 Å². The predicted molar refractivity (Wildman–Crippen MR) is 140 cm³/mol. The number of rotatable bonds is 5. The van der Waals surface area contributed by atoms with Gasteiger partial charge in [0.1, 0.15) is 5.82 Å². The number of amides is 1. The molecule has 0 atom stereocenters. The first-order chi connectivity index (χ1) is 16.5. The average Bonchev–Trinajstić information content (AvgIpc) is 2.84. The molecule has 1 aliphatic carbocycles. The fourth-order valence-electron chi connectivity index (χ4n) is 5.09. The lowest BCUT2D eigenvalue weighted by molar-refractivity contribution is 0.196. The van der Waals surface area contributed by atoms with E-state index in [4.69, 9.17) is 4.98 Å². The summed E-state index contributed by atoms with van der Waals surface area (Å²) in [5, 5.41) is 17.0. The zero-order valence-corrected chi connectivity index (χ0v) is 19.6. The third-order valence-corrected chi connectivity index (χ3v) is 6.81. The molecule has 1 amide bonds. The summed E-state index contributed by atoms with van der Waals surface area (Å²) in [6.45, 7) is 0. The summed E-state index contributed by atoms with van der Waals surface area (Å²) in [4.78, 5) is 20.7. The van der Waals surface area contributed by atoms with Gasteiger partial charge >= 0.3 is 6.09 Å². The van der Waals surface area contributed by atoms with Crippen LogP contribution in [0.2, 0.25) is 0 Å². The Morgan fingerprint density at radius 1 is 0.912 bits per heavy atom. The van der Waals surface area contributed by atoms with Gasteiger partial charge in [-0.05, 0) is 54.7 Å². The molecule has 174 valence electrons. The second-order valence-electron chi connectivity index (χ2n) is 9.27. The largest absolute Gasteiger partial charge is 0.465 e. The fraction of sp³-hybridized carbons (Fsp3) is 0.286. The molecular weight excluding hydrogens is 424 g/mol. The maximum atomic E-state index is 12.2. The van der Waals surface area contributed by atoms with Gasteiger partial charge in [0, 0.05) is 49.0 Å². The van der Waals surface area contributed by atoms with Gasteiger partial charge in [-0.15, -0.1) is 0 Å². The predicted octanol–water partition coefficient (Wildman–Crippen LogP) is 6.36. The second kappa shape index (κ2) is 9.21. The summed E-state index contributed by atoms with van der Waals surface area (Å²) in [5.74, 6) is 0.871. The van der Waals surface area contributed by atoms with Crippen LogP contribution in [0.4, 0.5) is 22.0 Å². The third kappa shape index (κ3) is 4.36. The number of carbonyl (C=O) groups is 1. The fourth-order valence-corrected chi connectivity index (χ4v) is 5.09. The Kier molecular flexibility index (Phi) is 5.97. The SMILES string of the molecule is CN(C)c1cc(NC2CCC(N(C(=O)O)c3ccc4ccccc4c3)CC2)nc2ccccc12. The van der Waals surface area contributed by atoms with E-state index in [-0.39, 0.29) is 12.1 Å². The van der Waals surface area contributed by atoms with Crippen molar-refractivity contribution in [1.29, 1.82) is 0 Å². The number of anilines is 3. The van der Waals surface area contributed by atoms with Crippen LogP contribution in [0.25, 0.3) is 21.7 Å². The molecule has 6 nitrogen and oxygen atoms in total. The summed E-state index contributed by atoms with van der Waals surface area (Å²) in [7, 11) is 4.09. The van der Waals surface area contributed by atoms with Gasteiger partial charge < -0.3 is 15.3 Å². The average molecular weight is 455 g/mol. The molecule has 1 heterocycles. The number of benzene rings is 3. The van der Waals surface area contributed by atoms with E-state index in [1.807, 2.05) is 74.8 Å². The third-order valence-electron chi connectivity index (χ3n) is 6.81. The molecular formula is C28H30N4O2. The van der Waals surface area contributed by atoms with Gasteiger partial charge in [0.25, 0.3) is 0 Å². The van der Waals surface area contributed by atoms with Crippen LogP contribution in [-0.2, 0) is 0 Å². The summed E-state index contributed by atoms with van der Waals surface area (Å²) in [6, 6.07) is 24.5. The highest BCUT2D eigenvalue weighted by Crippen LogP contribution is 2.32. The lowest BCUT2D eigenvalue weighted by Crippen LogP contribution is -2.43. The number of para-hydroxylation sites is 1. The van der Waals surface area contributed by atoms with Gasteiger partial charge in [-0.2, -0.15) is 0 Å². The minimum absolute atomic E-state index is 0.0291. The number of pyridine rings is 1. The van der Waals surface area contributed by atoms with Crippen molar-refractivity contribution in [2.75, 3.05) is 29.2 Å². The molecule has 0 radical (unpaired) electrons. The smallest absolute Gasteiger partial charge is 0.412 e. The lowest BCUT2D eigenvalue weighted by atomic mass is 9.89. The Labute approximate surface area is 199 Å². The quantitative estimate of drug-likeness (QED) is 0.367. The van der Waals surface area contributed by atoms with E-state index in [9.17, 15) is 9.90 Å². The maximum Gasteiger partial charge on any atom is 0.412 e. The van der Waals surface area contributed by atoms with E-state index < -0.39 is 6.09 Å². The summed E-state index contributed by atoms with van der Waals surface area (Å²) in [5.41, 5.74) is 2.85. The normalized spacial score (nSPS) is 18.1. The number of aromatic nitrogens is 1. The summed E-state index contributed by atoms with van der Waals surface area (Å²) >= 11 is 0. The number of nitrogens with one attached hydrogen (secondary N) is 1. The van der Waals surface area contributed by atoms with Crippen molar-refractivity contribution in [2.45, 2.75) is 37.8 Å². The molecule has 3 aromatic carbocycles. The molecule has 1 saturated carbocycles.